The second kappa shape index (κ2) is 10.7. The average Bonchev–Trinajstić information content (AvgIpc) is 3.46. The zero-order valence-corrected chi connectivity index (χ0v) is 19.2. The number of piperidine rings is 1. The molecule has 0 aliphatic carbocycles. The highest BCUT2D eigenvalue weighted by molar-refractivity contribution is 7.13. The molecule has 5 nitrogen and oxygen atoms in total. The van der Waals surface area contributed by atoms with Gasteiger partial charge in [-0.05, 0) is 75.8 Å². The number of thiazole rings is 1. The fourth-order valence-electron chi connectivity index (χ4n) is 4.64. The van der Waals surface area contributed by atoms with Crippen LogP contribution in [0.3, 0.4) is 0 Å². The van der Waals surface area contributed by atoms with E-state index in [1.807, 2.05) is 24.1 Å². The lowest BCUT2D eigenvalue weighted by molar-refractivity contribution is 0.0744. The van der Waals surface area contributed by atoms with Gasteiger partial charge in [-0.2, -0.15) is 0 Å². The molecule has 1 amide bonds. The van der Waals surface area contributed by atoms with E-state index in [0.717, 1.165) is 80.5 Å². The molecule has 2 fully saturated rings. The molecule has 2 aliphatic heterocycles. The number of likely N-dealkylation sites (tertiary alicyclic amines) is 2. The topological polar surface area (TPSA) is 39.7 Å². The highest BCUT2D eigenvalue weighted by Crippen LogP contribution is 2.22. The van der Waals surface area contributed by atoms with Crippen LogP contribution < -0.4 is 0 Å². The Balaban J connectivity index is 1.20. The zero-order chi connectivity index (χ0) is 21.6. The number of benzene rings is 1. The van der Waals surface area contributed by atoms with E-state index in [4.69, 9.17) is 0 Å². The van der Waals surface area contributed by atoms with E-state index >= 15 is 0 Å². The van der Waals surface area contributed by atoms with E-state index in [1.54, 1.807) is 23.6 Å². The summed E-state index contributed by atoms with van der Waals surface area (Å²) < 4.78 is 13.8. The predicted molar refractivity (Wildman–Crippen MR) is 123 cm³/mol. The van der Waals surface area contributed by atoms with Crippen molar-refractivity contribution in [1.82, 2.24) is 19.7 Å². The first kappa shape index (κ1) is 22.4. The maximum absolute atomic E-state index is 13.8. The SMILES string of the molecule is CN(CC1CCN(CCc2ccccc2F)CC1)C(=O)c1cnc(CN2CCCC2)s1. The Morgan fingerprint density at radius 3 is 2.65 bits per heavy atom. The molecule has 4 rings (SSSR count). The summed E-state index contributed by atoms with van der Waals surface area (Å²) in [6, 6.07) is 7.05. The Morgan fingerprint density at radius 2 is 1.90 bits per heavy atom. The third kappa shape index (κ3) is 6.11. The molecule has 0 saturated carbocycles. The molecule has 2 aromatic rings. The van der Waals surface area contributed by atoms with Crippen LogP contribution in [0.25, 0.3) is 0 Å². The van der Waals surface area contributed by atoms with E-state index in [0.29, 0.717) is 5.92 Å². The van der Waals surface area contributed by atoms with Crippen molar-refractivity contribution in [1.29, 1.82) is 0 Å². The molecule has 0 atom stereocenters. The molecule has 3 heterocycles. The number of amides is 1. The third-order valence-corrected chi connectivity index (χ3v) is 7.53. The Bertz CT molecular complexity index is 859. The van der Waals surface area contributed by atoms with Gasteiger partial charge in [-0.15, -0.1) is 11.3 Å². The summed E-state index contributed by atoms with van der Waals surface area (Å²) in [4.78, 5) is 24.8. The maximum atomic E-state index is 13.8. The Morgan fingerprint density at radius 1 is 1.16 bits per heavy atom. The molecule has 1 aromatic heterocycles. The van der Waals surface area contributed by atoms with Crippen LogP contribution in [0.2, 0.25) is 0 Å². The van der Waals surface area contributed by atoms with Crippen LogP contribution in [0, 0.1) is 11.7 Å². The third-order valence-electron chi connectivity index (χ3n) is 6.56. The molecule has 2 saturated heterocycles. The summed E-state index contributed by atoms with van der Waals surface area (Å²) in [5.41, 5.74) is 0.795. The second-order valence-corrected chi connectivity index (χ2v) is 10.0. The summed E-state index contributed by atoms with van der Waals surface area (Å²) in [5.74, 6) is 0.506. The number of nitrogens with zero attached hydrogens (tertiary/aromatic N) is 4. The summed E-state index contributed by atoms with van der Waals surface area (Å²) in [7, 11) is 1.91. The van der Waals surface area contributed by atoms with Crippen molar-refractivity contribution in [2.45, 2.75) is 38.6 Å². The monoisotopic (exact) mass is 444 g/mol. The number of rotatable bonds is 8. The van der Waals surface area contributed by atoms with Gasteiger partial charge in [0.1, 0.15) is 15.7 Å². The van der Waals surface area contributed by atoms with Gasteiger partial charge in [0.05, 0.1) is 12.7 Å². The Hall–Kier alpha value is -1.83. The number of carbonyl (C=O) groups excluding carboxylic acids is 1. The van der Waals surface area contributed by atoms with Gasteiger partial charge in [-0.1, -0.05) is 18.2 Å². The Kier molecular flexibility index (Phi) is 7.69. The van der Waals surface area contributed by atoms with Crippen LogP contribution in [-0.4, -0.2) is 71.9 Å². The largest absolute Gasteiger partial charge is 0.341 e. The lowest BCUT2D eigenvalue weighted by Crippen LogP contribution is -2.40. The number of carbonyl (C=O) groups is 1. The van der Waals surface area contributed by atoms with Crippen LogP contribution in [0.15, 0.2) is 30.5 Å². The quantitative estimate of drug-likeness (QED) is 0.619. The van der Waals surface area contributed by atoms with Crippen molar-refractivity contribution in [3.63, 3.8) is 0 Å². The molecule has 7 heteroatoms. The first-order valence-electron chi connectivity index (χ1n) is 11.5. The van der Waals surface area contributed by atoms with E-state index in [9.17, 15) is 9.18 Å². The minimum Gasteiger partial charge on any atom is -0.341 e. The smallest absolute Gasteiger partial charge is 0.265 e. The van der Waals surface area contributed by atoms with Crippen molar-refractivity contribution >= 4 is 17.2 Å². The van der Waals surface area contributed by atoms with Gasteiger partial charge < -0.3 is 9.80 Å². The van der Waals surface area contributed by atoms with Crippen LogP contribution in [0.5, 0.6) is 0 Å². The van der Waals surface area contributed by atoms with Gasteiger partial charge in [0, 0.05) is 20.1 Å². The average molecular weight is 445 g/mol. The molecule has 0 N–H and O–H groups in total. The number of hydrogen-bond donors (Lipinski definition) is 0. The zero-order valence-electron chi connectivity index (χ0n) is 18.4. The van der Waals surface area contributed by atoms with E-state index < -0.39 is 0 Å². The van der Waals surface area contributed by atoms with Crippen molar-refractivity contribution in [2.75, 3.05) is 46.3 Å². The predicted octanol–water partition coefficient (Wildman–Crippen LogP) is 3.90. The molecule has 0 radical (unpaired) electrons. The minimum atomic E-state index is -0.107. The van der Waals surface area contributed by atoms with Crippen LogP contribution in [0.4, 0.5) is 4.39 Å². The molecule has 1 aromatic carbocycles. The molecule has 2 aliphatic rings. The second-order valence-electron chi connectivity index (χ2n) is 8.91. The van der Waals surface area contributed by atoms with Crippen molar-refractivity contribution in [3.8, 4) is 0 Å². The van der Waals surface area contributed by atoms with E-state index in [2.05, 4.69) is 14.8 Å². The van der Waals surface area contributed by atoms with Gasteiger partial charge in [0.2, 0.25) is 0 Å². The molecule has 0 bridgehead atoms. The van der Waals surface area contributed by atoms with Crippen LogP contribution in [-0.2, 0) is 13.0 Å². The highest BCUT2D eigenvalue weighted by atomic mass is 32.1. The Labute approximate surface area is 188 Å². The lowest BCUT2D eigenvalue weighted by atomic mass is 9.96. The van der Waals surface area contributed by atoms with Crippen molar-refractivity contribution < 1.29 is 9.18 Å². The van der Waals surface area contributed by atoms with Crippen molar-refractivity contribution in [2.24, 2.45) is 5.92 Å². The van der Waals surface area contributed by atoms with Crippen molar-refractivity contribution in [3.05, 3.63) is 51.7 Å². The summed E-state index contributed by atoms with van der Waals surface area (Å²) in [6.45, 7) is 6.86. The number of halogens is 1. The number of hydrogen-bond acceptors (Lipinski definition) is 5. The van der Waals surface area contributed by atoms with Gasteiger partial charge >= 0.3 is 0 Å². The standard InChI is InChI=1S/C24H33FN4OS/c1-27(24(30)22-16-26-23(31-22)18-29-11-4-5-12-29)17-19-8-13-28(14-9-19)15-10-20-6-2-3-7-21(20)25/h2-3,6-7,16,19H,4-5,8-15,17-18H2,1H3. The summed E-state index contributed by atoms with van der Waals surface area (Å²) in [6.07, 6.45) is 7.19. The van der Waals surface area contributed by atoms with E-state index in [-0.39, 0.29) is 11.7 Å². The highest BCUT2D eigenvalue weighted by Gasteiger charge is 2.24. The molecular weight excluding hydrogens is 411 g/mol. The molecule has 168 valence electrons. The first-order valence-corrected chi connectivity index (χ1v) is 12.3. The van der Waals surface area contributed by atoms with Gasteiger partial charge in [-0.3, -0.25) is 9.69 Å². The summed E-state index contributed by atoms with van der Waals surface area (Å²) >= 11 is 1.54. The lowest BCUT2D eigenvalue weighted by Gasteiger charge is -2.33. The van der Waals surface area contributed by atoms with Gasteiger partial charge in [0.25, 0.3) is 5.91 Å². The molecule has 0 spiro atoms. The van der Waals surface area contributed by atoms with Gasteiger partial charge in [0.15, 0.2) is 0 Å². The molecular formula is C24H33FN4OS. The number of aromatic nitrogens is 1. The normalized spacial score (nSPS) is 18.5. The molecule has 0 unspecified atom stereocenters. The molecule has 31 heavy (non-hydrogen) atoms. The van der Waals surface area contributed by atoms with Gasteiger partial charge in [-0.25, -0.2) is 9.37 Å². The fraction of sp³-hybridized carbons (Fsp3) is 0.583. The van der Waals surface area contributed by atoms with E-state index in [1.165, 1.54) is 18.9 Å². The maximum Gasteiger partial charge on any atom is 0.265 e. The minimum absolute atomic E-state index is 0.0900. The van der Waals surface area contributed by atoms with Crippen LogP contribution in [0.1, 0.15) is 45.9 Å². The first-order chi connectivity index (χ1) is 15.1. The van der Waals surface area contributed by atoms with Crippen LogP contribution >= 0.6 is 11.3 Å². The fourth-order valence-corrected chi connectivity index (χ4v) is 5.60. The summed E-state index contributed by atoms with van der Waals surface area (Å²) in [5, 5.41) is 1.04.